The minimum Gasteiger partial charge on any atom is -0.497 e. The smallest absolute Gasteiger partial charge is 0.351 e. The van der Waals surface area contributed by atoms with Gasteiger partial charge in [0, 0.05) is 18.8 Å². The first kappa shape index (κ1) is 20.6. The first-order valence-electron chi connectivity index (χ1n) is 8.77. The molecule has 1 heterocycles. The van der Waals surface area contributed by atoms with Gasteiger partial charge < -0.3 is 19.5 Å². The second-order valence-corrected chi connectivity index (χ2v) is 6.13. The van der Waals surface area contributed by atoms with Crippen LogP contribution in [0.1, 0.15) is 10.5 Å². The van der Waals surface area contributed by atoms with E-state index in [0.29, 0.717) is 28.6 Å². The molecule has 30 heavy (non-hydrogen) atoms. The number of nitrogens with one attached hydrogen (secondary N) is 1. The Morgan fingerprint density at radius 3 is 2.20 bits per heavy atom. The molecular weight excluding hydrogens is 392 g/mol. The lowest BCUT2D eigenvalue weighted by Gasteiger charge is -2.12. The molecule has 0 atom stereocenters. The van der Waals surface area contributed by atoms with Crippen molar-refractivity contribution >= 4 is 11.6 Å². The van der Waals surface area contributed by atoms with Crippen molar-refractivity contribution in [3.63, 3.8) is 0 Å². The highest BCUT2D eigenvalue weighted by atomic mass is 16.5. The van der Waals surface area contributed by atoms with Gasteiger partial charge in [-0.3, -0.25) is 14.2 Å². The summed E-state index contributed by atoms with van der Waals surface area (Å²) in [7, 11) is 5.75. The number of aromatic nitrogens is 3. The van der Waals surface area contributed by atoms with Crippen LogP contribution in [0.25, 0.3) is 5.69 Å². The van der Waals surface area contributed by atoms with Crippen LogP contribution in [0.2, 0.25) is 0 Å². The third-order valence-electron chi connectivity index (χ3n) is 4.35. The zero-order chi connectivity index (χ0) is 21.8. The van der Waals surface area contributed by atoms with Crippen molar-refractivity contribution in [2.75, 3.05) is 26.6 Å². The Kier molecular flexibility index (Phi) is 5.86. The van der Waals surface area contributed by atoms with Gasteiger partial charge in [-0.1, -0.05) is 0 Å². The SMILES string of the molecule is COc1ccc(-n2nc(C(=O)Nc3ccc(OC)c(OC)c3)c(=O)n(C)c2=O)cc1. The first-order valence-corrected chi connectivity index (χ1v) is 8.77. The Bertz CT molecular complexity index is 1200. The van der Waals surface area contributed by atoms with Gasteiger partial charge in [-0.15, -0.1) is 0 Å². The molecule has 2 aromatic carbocycles. The Morgan fingerprint density at radius 2 is 1.60 bits per heavy atom. The normalized spacial score (nSPS) is 10.4. The summed E-state index contributed by atoms with van der Waals surface area (Å²) in [4.78, 5) is 37.7. The minimum absolute atomic E-state index is 0.365. The lowest BCUT2D eigenvalue weighted by Crippen LogP contribution is -2.43. The molecule has 10 nitrogen and oxygen atoms in total. The number of anilines is 1. The number of methoxy groups -OCH3 is 3. The molecule has 0 spiro atoms. The zero-order valence-electron chi connectivity index (χ0n) is 16.8. The van der Waals surface area contributed by atoms with E-state index in [1.807, 2.05) is 0 Å². The number of carbonyl (C=O) groups is 1. The molecular formula is C20H20N4O6. The standard InChI is InChI=1S/C20H20N4O6/c1-23-19(26)17(18(25)21-12-5-10-15(29-3)16(11-12)30-4)22-24(20(23)27)13-6-8-14(28-2)9-7-13/h5-11H,1-4H3,(H,21,25). The van der Waals surface area contributed by atoms with Gasteiger partial charge in [0.05, 0.1) is 27.0 Å². The van der Waals surface area contributed by atoms with Gasteiger partial charge in [-0.05, 0) is 36.4 Å². The van der Waals surface area contributed by atoms with Gasteiger partial charge in [0.15, 0.2) is 11.5 Å². The number of hydrogen-bond donors (Lipinski definition) is 1. The number of hydrogen-bond acceptors (Lipinski definition) is 7. The van der Waals surface area contributed by atoms with Crippen molar-refractivity contribution < 1.29 is 19.0 Å². The molecule has 3 aromatic rings. The summed E-state index contributed by atoms with van der Waals surface area (Å²) in [5, 5.41) is 6.58. The first-order chi connectivity index (χ1) is 14.4. The highest BCUT2D eigenvalue weighted by Gasteiger charge is 2.19. The van der Waals surface area contributed by atoms with Crippen molar-refractivity contribution in [3.8, 4) is 22.9 Å². The second-order valence-electron chi connectivity index (χ2n) is 6.13. The molecule has 0 fully saturated rings. The average Bonchev–Trinajstić information content (AvgIpc) is 2.77. The molecule has 0 aliphatic rings. The van der Waals surface area contributed by atoms with Crippen LogP contribution < -0.4 is 30.8 Å². The van der Waals surface area contributed by atoms with Gasteiger partial charge >= 0.3 is 5.69 Å². The van der Waals surface area contributed by atoms with E-state index in [9.17, 15) is 14.4 Å². The van der Waals surface area contributed by atoms with E-state index in [4.69, 9.17) is 14.2 Å². The van der Waals surface area contributed by atoms with Gasteiger partial charge in [0.2, 0.25) is 5.69 Å². The minimum atomic E-state index is -0.817. The van der Waals surface area contributed by atoms with Crippen molar-refractivity contribution in [1.29, 1.82) is 0 Å². The molecule has 1 amide bonds. The summed E-state index contributed by atoms with van der Waals surface area (Å²) in [5.74, 6) is 0.699. The van der Waals surface area contributed by atoms with E-state index in [1.54, 1.807) is 42.5 Å². The maximum atomic E-state index is 12.7. The molecule has 0 saturated carbocycles. The third-order valence-corrected chi connectivity index (χ3v) is 4.35. The highest BCUT2D eigenvalue weighted by molar-refractivity contribution is 6.02. The van der Waals surface area contributed by atoms with Crippen LogP contribution in [0.4, 0.5) is 5.69 Å². The topological polar surface area (TPSA) is 114 Å². The van der Waals surface area contributed by atoms with Gasteiger partial charge in [0.25, 0.3) is 11.5 Å². The molecule has 0 radical (unpaired) electrons. The van der Waals surface area contributed by atoms with E-state index in [2.05, 4.69) is 10.4 Å². The number of carbonyl (C=O) groups excluding carboxylic acids is 1. The van der Waals surface area contributed by atoms with Crippen LogP contribution in [-0.2, 0) is 7.05 Å². The van der Waals surface area contributed by atoms with Crippen molar-refractivity contribution in [2.24, 2.45) is 7.05 Å². The Labute approximate surface area is 171 Å². The van der Waals surface area contributed by atoms with Crippen molar-refractivity contribution in [1.82, 2.24) is 14.3 Å². The van der Waals surface area contributed by atoms with E-state index in [1.165, 1.54) is 28.4 Å². The highest BCUT2D eigenvalue weighted by Crippen LogP contribution is 2.29. The van der Waals surface area contributed by atoms with Crippen LogP contribution in [0.3, 0.4) is 0 Å². The molecule has 10 heteroatoms. The fourth-order valence-corrected chi connectivity index (χ4v) is 2.71. The molecule has 0 aliphatic heterocycles. The summed E-state index contributed by atoms with van der Waals surface area (Å²) < 4.78 is 17.3. The molecule has 0 unspecified atom stereocenters. The Morgan fingerprint density at radius 1 is 0.933 bits per heavy atom. The Hall–Kier alpha value is -4.08. The second kappa shape index (κ2) is 8.52. The summed E-state index contributed by atoms with van der Waals surface area (Å²) in [6.45, 7) is 0. The summed E-state index contributed by atoms with van der Waals surface area (Å²) in [6.07, 6.45) is 0. The molecule has 0 saturated heterocycles. The quantitative estimate of drug-likeness (QED) is 0.647. The van der Waals surface area contributed by atoms with Crippen LogP contribution in [0, 0.1) is 0 Å². The van der Waals surface area contributed by atoms with Crippen molar-refractivity contribution in [2.45, 2.75) is 0 Å². The number of amides is 1. The predicted molar refractivity (Wildman–Crippen MR) is 109 cm³/mol. The molecule has 1 aromatic heterocycles. The number of ether oxygens (including phenoxy) is 3. The maximum Gasteiger partial charge on any atom is 0.351 e. The zero-order valence-corrected chi connectivity index (χ0v) is 16.8. The molecule has 0 aliphatic carbocycles. The van der Waals surface area contributed by atoms with Crippen LogP contribution >= 0.6 is 0 Å². The monoisotopic (exact) mass is 412 g/mol. The average molecular weight is 412 g/mol. The van der Waals surface area contributed by atoms with Crippen LogP contribution in [0.15, 0.2) is 52.1 Å². The fourth-order valence-electron chi connectivity index (χ4n) is 2.71. The lowest BCUT2D eigenvalue weighted by molar-refractivity contribution is 0.101. The summed E-state index contributed by atoms with van der Waals surface area (Å²) >= 11 is 0. The molecule has 1 N–H and O–H groups in total. The third kappa shape index (κ3) is 3.88. The summed E-state index contributed by atoms with van der Waals surface area (Å²) in [5.41, 5.74) is -1.21. The van der Waals surface area contributed by atoms with E-state index < -0.39 is 22.9 Å². The van der Waals surface area contributed by atoms with Crippen LogP contribution in [0.5, 0.6) is 17.2 Å². The van der Waals surface area contributed by atoms with E-state index >= 15 is 0 Å². The fraction of sp³-hybridized carbons (Fsp3) is 0.200. The maximum absolute atomic E-state index is 12.7. The molecule has 0 bridgehead atoms. The van der Waals surface area contributed by atoms with Gasteiger partial charge in [0.1, 0.15) is 5.75 Å². The predicted octanol–water partition coefficient (Wildman–Crippen LogP) is 1.21. The number of rotatable bonds is 6. The van der Waals surface area contributed by atoms with Gasteiger partial charge in [-0.25, -0.2) is 4.79 Å². The number of nitrogens with zero attached hydrogens (tertiary/aromatic N) is 3. The van der Waals surface area contributed by atoms with Crippen molar-refractivity contribution in [3.05, 3.63) is 69.0 Å². The van der Waals surface area contributed by atoms with Gasteiger partial charge in [-0.2, -0.15) is 9.78 Å². The Balaban J connectivity index is 2.01. The molecule has 3 rings (SSSR count). The largest absolute Gasteiger partial charge is 0.497 e. The van der Waals surface area contributed by atoms with E-state index in [0.717, 1.165) is 9.25 Å². The van der Waals surface area contributed by atoms with Crippen LogP contribution in [-0.4, -0.2) is 41.6 Å². The summed E-state index contributed by atoms with van der Waals surface area (Å²) in [6, 6.07) is 11.2. The number of benzene rings is 2. The van der Waals surface area contributed by atoms with E-state index in [-0.39, 0.29) is 0 Å². The lowest BCUT2D eigenvalue weighted by atomic mass is 10.2. The molecule has 156 valence electrons.